The zero-order valence-electron chi connectivity index (χ0n) is 11.2. The third-order valence-corrected chi connectivity index (χ3v) is 3.12. The first-order valence-corrected chi connectivity index (χ1v) is 6.18. The normalized spacial score (nSPS) is 10.5. The Morgan fingerprint density at radius 3 is 2.42 bits per heavy atom. The minimum Gasteiger partial charge on any atom is -0.467 e. The van der Waals surface area contributed by atoms with Gasteiger partial charge in [-0.3, -0.25) is 0 Å². The van der Waals surface area contributed by atoms with Gasteiger partial charge in [0.15, 0.2) is 6.79 Å². The summed E-state index contributed by atoms with van der Waals surface area (Å²) in [5.74, 6) is 0.741. The maximum Gasteiger partial charge on any atom is 0.188 e. The van der Waals surface area contributed by atoms with Crippen molar-refractivity contribution in [3.8, 4) is 16.9 Å². The van der Waals surface area contributed by atoms with Crippen molar-refractivity contribution >= 4 is 0 Å². The van der Waals surface area contributed by atoms with E-state index in [9.17, 15) is 5.11 Å². The number of rotatable bonds is 5. The fourth-order valence-corrected chi connectivity index (χ4v) is 2.11. The third-order valence-electron chi connectivity index (χ3n) is 3.12. The summed E-state index contributed by atoms with van der Waals surface area (Å²) in [6, 6.07) is 13.9. The minimum atomic E-state index is -0.0136. The van der Waals surface area contributed by atoms with Crippen LogP contribution in [0.15, 0.2) is 42.5 Å². The van der Waals surface area contributed by atoms with Crippen LogP contribution in [0.3, 0.4) is 0 Å². The summed E-state index contributed by atoms with van der Waals surface area (Å²) in [6.07, 6.45) is 0. The van der Waals surface area contributed by atoms with Crippen molar-refractivity contribution in [2.45, 2.75) is 13.5 Å². The number of ether oxygens (including phenoxy) is 2. The van der Waals surface area contributed by atoms with Gasteiger partial charge in [-0.05, 0) is 35.2 Å². The van der Waals surface area contributed by atoms with Crippen LogP contribution >= 0.6 is 0 Å². The first kappa shape index (κ1) is 13.6. The summed E-state index contributed by atoms with van der Waals surface area (Å²) in [4.78, 5) is 0. The number of hydrogen-bond donors (Lipinski definition) is 1. The van der Waals surface area contributed by atoms with Gasteiger partial charge >= 0.3 is 0 Å². The highest BCUT2D eigenvalue weighted by Gasteiger charge is 2.11. The first-order valence-electron chi connectivity index (χ1n) is 6.18. The van der Waals surface area contributed by atoms with Crippen molar-refractivity contribution in [3.63, 3.8) is 0 Å². The van der Waals surface area contributed by atoms with E-state index in [4.69, 9.17) is 9.47 Å². The third kappa shape index (κ3) is 2.95. The summed E-state index contributed by atoms with van der Waals surface area (Å²) in [6.45, 7) is 2.14. The van der Waals surface area contributed by atoms with Crippen LogP contribution in [0.2, 0.25) is 0 Å². The zero-order valence-corrected chi connectivity index (χ0v) is 11.2. The molecule has 1 N–H and O–H groups in total. The van der Waals surface area contributed by atoms with Crippen molar-refractivity contribution in [2.75, 3.05) is 13.9 Å². The molecule has 0 aliphatic heterocycles. The second-order valence-corrected chi connectivity index (χ2v) is 4.29. The molecule has 0 aliphatic carbocycles. The van der Waals surface area contributed by atoms with Crippen molar-refractivity contribution in [1.29, 1.82) is 0 Å². The highest BCUT2D eigenvalue weighted by atomic mass is 16.7. The van der Waals surface area contributed by atoms with Gasteiger partial charge in [-0.15, -0.1) is 0 Å². The van der Waals surface area contributed by atoms with Crippen LogP contribution in [0.5, 0.6) is 5.75 Å². The van der Waals surface area contributed by atoms with E-state index in [2.05, 4.69) is 0 Å². The molecule has 0 saturated carbocycles. The van der Waals surface area contributed by atoms with Crippen LogP contribution in [0, 0.1) is 6.92 Å². The molecule has 100 valence electrons. The Morgan fingerprint density at radius 2 is 1.79 bits per heavy atom. The van der Waals surface area contributed by atoms with Crippen molar-refractivity contribution in [3.05, 3.63) is 53.6 Å². The van der Waals surface area contributed by atoms with Crippen LogP contribution in [0.1, 0.15) is 11.1 Å². The molecule has 0 fully saturated rings. The number of methoxy groups -OCH3 is 1. The van der Waals surface area contributed by atoms with E-state index in [-0.39, 0.29) is 13.4 Å². The Labute approximate surface area is 113 Å². The van der Waals surface area contributed by atoms with E-state index in [0.29, 0.717) is 0 Å². The molecule has 0 unspecified atom stereocenters. The van der Waals surface area contributed by atoms with E-state index in [1.54, 1.807) is 7.11 Å². The van der Waals surface area contributed by atoms with Gasteiger partial charge in [-0.25, -0.2) is 0 Å². The fraction of sp³-hybridized carbons (Fsp3) is 0.250. The molecule has 2 aromatic carbocycles. The molecule has 0 aromatic heterocycles. The second-order valence-electron chi connectivity index (χ2n) is 4.29. The van der Waals surface area contributed by atoms with Gasteiger partial charge in [0.25, 0.3) is 0 Å². The molecular formula is C16H18O3. The average Bonchev–Trinajstić information content (AvgIpc) is 2.46. The standard InChI is InChI=1S/C16H18O3/c1-12-15(10-17)14(13-6-4-3-5-7-13)8-9-16(12)19-11-18-2/h3-9,17H,10-11H2,1-2H3. The molecule has 2 rings (SSSR count). The Hall–Kier alpha value is -1.84. The second kappa shape index (κ2) is 6.36. The largest absolute Gasteiger partial charge is 0.467 e. The van der Waals surface area contributed by atoms with Gasteiger partial charge in [-0.1, -0.05) is 36.4 Å². The summed E-state index contributed by atoms with van der Waals surface area (Å²) >= 11 is 0. The molecule has 2 aromatic rings. The summed E-state index contributed by atoms with van der Waals surface area (Å²) in [5, 5.41) is 9.62. The van der Waals surface area contributed by atoms with Crippen LogP contribution in [0.25, 0.3) is 11.1 Å². The highest BCUT2D eigenvalue weighted by molar-refractivity contribution is 5.70. The number of aliphatic hydroxyl groups is 1. The van der Waals surface area contributed by atoms with Gasteiger partial charge in [0.05, 0.1) is 6.61 Å². The lowest BCUT2D eigenvalue weighted by atomic mass is 9.96. The van der Waals surface area contributed by atoms with Gasteiger partial charge in [0, 0.05) is 7.11 Å². The molecule has 0 atom stereocenters. The van der Waals surface area contributed by atoms with Crippen LogP contribution < -0.4 is 4.74 Å². The lowest BCUT2D eigenvalue weighted by Gasteiger charge is -2.15. The Balaban J connectivity index is 2.44. The minimum absolute atomic E-state index is 0.0136. The Bertz CT molecular complexity index is 535. The van der Waals surface area contributed by atoms with Crippen molar-refractivity contribution in [2.24, 2.45) is 0 Å². The predicted molar refractivity (Wildman–Crippen MR) is 75.0 cm³/mol. The molecular weight excluding hydrogens is 240 g/mol. The van der Waals surface area contributed by atoms with Gasteiger partial charge < -0.3 is 14.6 Å². The lowest BCUT2D eigenvalue weighted by Crippen LogP contribution is -2.03. The quantitative estimate of drug-likeness (QED) is 0.837. The number of hydrogen-bond acceptors (Lipinski definition) is 3. The molecule has 3 heteroatoms. The van der Waals surface area contributed by atoms with E-state index in [1.807, 2.05) is 49.4 Å². The Kier molecular flexibility index (Phi) is 4.55. The van der Waals surface area contributed by atoms with Crippen molar-refractivity contribution in [1.82, 2.24) is 0 Å². The number of benzene rings is 2. The highest BCUT2D eigenvalue weighted by Crippen LogP contribution is 2.31. The average molecular weight is 258 g/mol. The topological polar surface area (TPSA) is 38.7 Å². The Morgan fingerprint density at radius 1 is 1.05 bits per heavy atom. The van der Waals surface area contributed by atoms with Gasteiger partial charge in [-0.2, -0.15) is 0 Å². The molecule has 3 nitrogen and oxygen atoms in total. The monoisotopic (exact) mass is 258 g/mol. The number of aliphatic hydroxyl groups excluding tert-OH is 1. The zero-order chi connectivity index (χ0) is 13.7. The lowest BCUT2D eigenvalue weighted by molar-refractivity contribution is 0.0505. The van der Waals surface area contributed by atoms with E-state index in [0.717, 1.165) is 28.0 Å². The van der Waals surface area contributed by atoms with Gasteiger partial charge in [0.2, 0.25) is 0 Å². The van der Waals surface area contributed by atoms with Gasteiger partial charge in [0.1, 0.15) is 5.75 Å². The fourth-order valence-electron chi connectivity index (χ4n) is 2.11. The maximum absolute atomic E-state index is 9.62. The van der Waals surface area contributed by atoms with Crippen LogP contribution in [-0.2, 0) is 11.3 Å². The molecule has 0 spiro atoms. The predicted octanol–water partition coefficient (Wildman–Crippen LogP) is 3.14. The van der Waals surface area contributed by atoms with E-state index in [1.165, 1.54) is 0 Å². The molecule has 0 heterocycles. The van der Waals surface area contributed by atoms with E-state index >= 15 is 0 Å². The molecule has 0 amide bonds. The smallest absolute Gasteiger partial charge is 0.188 e. The summed E-state index contributed by atoms with van der Waals surface area (Å²) < 4.78 is 10.4. The molecule has 19 heavy (non-hydrogen) atoms. The van der Waals surface area contributed by atoms with Crippen molar-refractivity contribution < 1.29 is 14.6 Å². The summed E-state index contributed by atoms with van der Waals surface area (Å²) in [5.41, 5.74) is 3.96. The molecule has 0 saturated heterocycles. The molecule has 0 aliphatic rings. The van der Waals surface area contributed by atoms with Crippen LogP contribution in [0.4, 0.5) is 0 Å². The van der Waals surface area contributed by atoms with Crippen LogP contribution in [-0.4, -0.2) is 19.0 Å². The maximum atomic E-state index is 9.62. The molecule has 0 radical (unpaired) electrons. The molecule has 0 bridgehead atoms. The SMILES string of the molecule is COCOc1ccc(-c2ccccc2)c(CO)c1C. The van der Waals surface area contributed by atoms with E-state index < -0.39 is 0 Å². The first-order chi connectivity index (χ1) is 9.27. The summed E-state index contributed by atoms with van der Waals surface area (Å²) in [7, 11) is 1.58.